The Hall–Kier alpha value is -0.120. The van der Waals surface area contributed by atoms with Crippen LogP contribution in [0.15, 0.2) is 0 Å². The fourth-order valence-corrected chi connectivity index (χ4v) is 0.723. The Balaban J connectivity index is 2.95. The first kappa shape index (κ1) is 8.88. The molecule has 55 valence electrons. The summed E-state index contributed by atoms with van der Waals surface area (Å²) in [5, 5.41) is 0. The van der Waals surface area contributed by atoms with Crippen molar-refractivity contribution in [1.82, 2.24) is 5.73 Å². The van der Waals surface area contributed by atoms with Gasteiger partial charge < -0.3 is 11.5 Å². The number of hydrogen-bond donors (Lipinski definition) is 2. The van der Waals surface area contributed by atoms with Crippen molar-refractivity contribution < 1.29 is 0 Å². The number of hydrogen-bond acceptors (Lipinski definition) is 2. The lowest BCUT2D eigenvalue weighted by atomic mass is 10.1. The lowest BCUT2D eigenvalue weighted by Gasteiger charge is -2.07. The summed E-state index contributed by atoms with van der Waals surface area (Å²) in [5.41, 5.74) is 17.7. The van der Waals surface area contributed by atoms with Crippen LogP contribution in [-0.4, -0.2) is 19.1 Å². The molecule has 0 aliphatic carbocycles. The fourth-order valence-electron chi connectivity index (χ4n) is 0.723. The van der Waals surface area contributed by atoms with Crippen LogP contribution in [0.4, 0.5) is 0 Å². The monoisotopic (exact) mass is 130 g/mol. The first-order valence-corrected chi connectivity index (χ1v) is 3.41. The van der Waals surface area contributed by atoms with Crippen molar-refractivity contribution in [1.29, 1.82) is 0 Å². The normalized spacial score (nSPS) is 13.7. The van der Waals surface area contributed by atoms with Crippen LogP contribution in [0.1, 0.15) is 19.3 Å². The summed E-state index contributed by atoms with van der Waals surface area (Å²) < 4.78 is 0. The first-order chi connectivity index (χ1) is 4.31. The van der Waals surface area contributed by atoms with E-state index in [2.05, 4.69) is 0 Å². The highest BCUT2D eigenvalue weighted by Gasteiger charge is 1.98. The molecule has 0 fully saturated rings. The van der Waals surface area contributed by atoms with Crippen molar-refractivity contribution in [2.75, 3.05) is 13.1 Å². The Morgan fingerprint density at radius 1 is 1.33 bits per heavy atom. The highest BCUT2D eigenvalue weighted by molar-refractivity contribution is 4.60. The average molecular weight is 130 g/mol. The van der Waals surface area contributed by atoms with Crippen LogP contribution >= 0.6 is 0 Å². The maximum Gasteiger partial charge on any atom is 0.0100 e. The molecule has 3 heteroatoms. The molecule has 0 amide bonds. The molecular formula is C6H16N3. The third-order valence-electron chi connectivity index (χ3n) is 1.29. The molecule has 0 aliphatic rings. The highest BCUT2D eigenvalue weighted by Crippen LogP contribution is 1.95. The van der Waals surface area contributed by atoms with Crippen LogP contribution in [-0.2, 0) is 0 Å². The van der Waals surface area contributed by atoms with E-state index >= 15 is 0 Å². The second-order valence-corrected chi connectivity index (χ2v) is 2.23. The summed E-state index contributed by atoms with van der Waals surface area (Å²) in [6.07, 6.45) is 2.74. The third kappa shape index (κ3) is 5.76. The SMILES string of the molecule is [NH]CCCC(N)CCN. The van der Waals surface area contributed by atoms with Crippen molar-refractivity contribution in [3.05, 3.63) is 0 Å². The topological polar surface area (TPSA) is 75.8 Å². The average Bonchev–Trinajstić information content (AvgIpc) is 1.85. The van der Waals surface area contributed by atoms with Gasteiger partial charge in [0, 0.05) is 12.6 Å². The standard InChI is InChI=1S/C6H16N3/c7-4-1-2-6(9)3-5-8/h6-7H,1-5,8-9H2. The predicted molar refractivity (Wildman–Crippen MR) is 38.8 cm³/mol. The maximum atomic E-state index is 6.84. The molecule has 0 rings (SSSR count). The van der Waals surface area contributed by atoms with Crippen molar-refractivity contribution >= 4 is 0 Å². The summed E-state index contributed by atoms with van der Waals surface area (Å²) in [7, 11) is 0. The Morgan fingerprint density at radius 2 is 2.00 bits per heavy atom. The zero-order valence-electron chi connectivity index (χ0n) is 5.77. The molecule has 0 aromatic carbocycles. The van der Waals surface area contributed by atoms with E-state index in [1.807, 2.05) is 0 Å². The third-order valence-corrected chi connectivity index (χ3v) is 1.29. The summed E-state index contributed by atoms with van der Waals surface area (Å²) in [6.45, 7) is 1.15. The van der Waals surface area contributed by atoms with E-state index in [1.165, 1.54) is 0 Å². The molecule has 1 radical (unpaired) electrons. The predicted octanol–water partition coefficient (Wildman–Crippen LogP) is -0.274. The number of rotatable bonds is 5. The molecule has 1 unspecified atom stereocenters. The van der Waals surface area contributed by atoms with Crippen LogP contribution in [0.5, 0.6) is 0 Å². The Morgan fingerprint density at radius 3 is 2.44 bits per heavy atom. The van der Waals surface area contributed by atoms with E-state index < -0.39 is 0 Å². The maximum absolute atomic E-state index is 6.84. The van der Waals surface area contributed by atoms with Crippen molar-refractivity contribution in [2.45, 2.75) is 25.3 Å². The molecule has 3 nitrogen and oxygen atoms in total. The minimum absolute atomic E-state index is 0.223. The van der Waals surface area contributed by atoms with Crippen LogP contribution in [0.3, 0.4) is 0 Å². The zero-order chi connectivity index (χ0) is 7.11. The van der Waals surface area contributed by atoms with E-state index in [0.717, 1.165) is 19.3 Å². The molecular weight excluding hydrogens is 114 g/mol. The van der Waals surface area contributed by atoms with E-state index in [-0.39, 0.29) is 6.04 Å². The van der Waals surface area contributed by atoms with E-state index in [4.69, 9.17) is 17.2 Å². The van der Waals surface area contributed by atoms with Gasteiger partial charge in [-0.2, -0.15) is 0 Å². The van der Waals surface area contributed by atoms with Crippen LogP contribution in [0.25, 0.3) is 0 Å². The van der Waals surface area contributed by atoms with Gasteiger partial charge in [-0.25, -0.2) is 0 Å². The Labute approximate surface area is 56.6 Å². The van der Waals surface area contributed by atoms with Crippen molar-refractivity contribution in [3.63, 3.8) is 0 Å². The van der Waals surface area contributed by atoms with E-state index in [9.17, 15) is 0 Å². The highest BCUT2D eigenvalue weighted by atomic mass is 14.7. The van der Waals surface area contributed by atoms with Gasteiger partial charge in [-0.15, -0.1) is 0 Å². The van der Waals surface area contributed by atoms with Gasteiger partial charge in [0.15, 0.2) is 0 Å². The van der Waals surface area contributed by atoms with E-state index in [1.54, 1.807) is 0 Å². The molecule has 0 bridgehead atoms. The van der Waals surface area contributed by atoms with Gasteiger partial charge >= 0.3 is 0 Å². The molecule has 0 aliphatic heterocycles. The smallest absolute Gasteiger partial charge is 0.0100 e. The second-order valence-electron chi connectivity index (χ2n) is 2.23. The van der Waals surface area contributed by atoms with Gasteiger partial charge in [0.05, 0.1) is 0 Å². The van der Waals surface area contributed by atoms with Crippen molar-refractivity contribution in [3.8, 4) is 0 Å². The molecule has 0 saturated carbocycles. The molecule has 0 saturated heterocycles. The Bertz CT molecular complexity index is 56.3. The summed E-state index contributed by atoms with van der Waals surface area (Å²) in [5.74, 6) is 0. The summed E-state index contributed by atoms with van der Waals surface area (Å²) in [4.78, 5) is 0. The first-order valence-electron chi connectivity index (χ1n) is 3.41. The largest absolute Gasteiger partial charge is 0.330 e. The molecule has 0 aromatic heterocycles. The van der Waals surface area contributed by atoms with E-state index in [0.29, 0.717) is 13.1 Å². The van der Waals surface area contributed by atoms with Crippen LogP contribution in [0, 0.1) is 0 Å². The lowest BCUT2D eigenvalue weighted by Crippen LogP contribution is -2.23. The van der Waals surface area contributed by atoms with Gasteiger partial charge in [0.25, 0.3) is 0 Å². The minimum Gasteiger partial charge on any atom is -0.330 e. The van der Waals surface area contributed by atoms with Crippen LogP contribution in [0.2, 0.25) is 0 Å². The fraction of sp³-hybridized carbons (Fsp3) is 1.00. The Kier molecular flexibility index (Phi) is 5.93. The molecule has 1 atom stereocenters. The molecule has 0 heterocycles. The molecule has 0 spiro atoms. The minimum atomic E-state index is 0.223. The van der Waals surface area contributed by atoms with Gasteiger partial charge in [0.2, 0.25) is 0 Å². The molecule has 9 heavy (non-hydrogen) atoms. The number of nitrogens with two attached hydrogens (primary N) is 2. The quantitative estimate of drug-likeness (QED) is 0.537. The molecule has 0 aromatic rings. The molecule has 5 N–H and O–H groups in total. The lowest BCUT2D eigenvalue weighted by molar-refractivity contribution is 0.554. The van der Waals surface area contributed by atoms with Gasteiger partial charge in [-0.3, -0.25) is 5.73 Å². The van der Waals surface area contributed by atoms with Gasteiger partial charge in [0.1, 0.15) is 0 Å². The number of nitrogens with one attached hydrogen (secondary N) is 1. The zero-order valence-corrected chi connectivity index (χ0v) is 5.77. The summed E-state index contributed by atoms with van der Waals surface area (Å²) >= 11 is 0. The van der Waals surface area contributed by atoms with Crippen LogP contribution < -0.4 is 17.2 Å². The van der Waals surface area contributed by atoms with Gasteiger partial charge in [-0.05, 0) is 25.8 Å². The van der Waals surface area contributed by atoms with Crippen molar-refractivity contribution in [2.24, 2.45) is 11.5 Å². The van der Waals surface area contributed by atoms with Gasteiger partial charge in [-0.1, -0.05) is 0 Å². The summed E-state index contributed by atoms with van der Waals surface area (Å²) in [6, 6.07) is 0.223. The second kappa shape index (κ2) is 6.01.